The van der Waals surface area contributed by atoms with Crippen LogP contribution in [0.4, 0.5) is 0 Å². The minimum atomic E-state index is -0.325. The Kier molecular flexibility index (Phi) is 7.29. The van der Waals surface area contributed by atoms with Gasteiger partial charge < -0.3 is 11.1 Å². The van der Waals surface area contributed by atoms with Gasteiger partial charge in [0, 0.05) is 22.7 Å². The molecule has 0 atom stereocenters. The molecule has 0 aromatic heterocycles. The summed E-state index contributed by atoms with van der Waals surface area (Å²) in [4.78, 5) is 11.9. The van der Waals surface area contributed by atoms with Crippen molar-refractivity contribution in [2.75, 3.05) is 6.54 Å². The maximum Gasteiger partial charge on any atom is 0.251 e. The number of amides is 1. The van der Waals surface area contributed by atoms with E-state index in [0.29, 0.717) is 17.1 Å². The largest absolute Gasteiger partial charge is 0.350 e. The average Bonchev–Trinajstić information content (AvgIpc) is 2.35. The van der Waals surface area contributed by atoms with E-state index < -0.39 is 0 Å². The molecule has 0 fully saturated rings. The van der Waals surface area contributed by atoms with Crippen LogP contribution < -0.4 is 11.1 Å². The lowest BCUT2D eigenvalue weighted by Gasteiger charge is -2.26. The molecule has 5 heteroatoms. The normalized spacial score (nSPS) is 10.7. The molecule has 102 valence electrons. The summed E-state index contributed by atoms with van der Waals surface area (Å²) < 4.78 is 0. The first-order valence-corrected chi connectivity index (χ1v) is 6.21. The third kappa shape index (κ3) is 4.84. The van der Waals surface area contributed by atoms with Crippen molar-refractivity contribution in [1.82, 2.24) is 5.32 Å². The van der Waals surface area contributed by atoms with Crippen molar-refractivity contribution in [3.8, 4) is 0 Å². The van der Waals surface area contributed by atoms with Gasteiger partial charge in [0.15, 0.2) is 0 Å². The van der Waals surface area contributed by atoms with Crippen molar-refractivity contribution in [3.05, 3.63) is 34.9 Å². The number of halogens is 2. The molecular weight excluding hydrogens is 271 g/mol. The number of carbonyl (C=O) groups excluding carboxylic acids is 1. The predicted octanol–water partition coefficient (Wildman–Crippen LogP) is 3.01. The Labute approximate surface area is 119 Å². The highest BCUT2D eigenvalue weighted by Gasteiger charge is 2.21. The second-order valence-corrected chi connectivity index (χ2v) is 4.70. The molecule has 0 bridgehead atoms. The zero-order valence-electron chi connectivity index (χ0n) is 10.7. The van der Waals surface area contributed by atoms with Gasteiger partial charge >= 0.3 is 0 Å². The molecule has 0 unspecified atom stereocenters. The molecule has 0 saturated heterocycles. The van der Waals surface area contributed by atoms with E-state index in [4.69, 9.17) is 17.3 Å². The minimum Gasteiger partial charge on any atom is -0.350 e. The third-order valence-electron chi connectivity index (χ3n) is 3.10. The lowest BCUT2D eigenvalue weighted by molar-refractivity contribution is 0.0942. The molecule has 1 amide bonds. The van der Waals surface area contributed by atoms with Gasteiger partial charge in [0.05, 0.1) is 0 Å². The number of carbonyl (C=O) groups is 1. The van der Waals surface area contributed by atoms with Crippen molar-refractivity contribution >= 4 is 29.9 Å². The van der Waals surface area contributed by atoms with Crippen LogP contribution in [0.1, 0.15) is 37.0 Å². The zero-order valence-corrected chi connectivity index (χ0v) is 12.3. The predicted molar refractivity (Wildman–Crippen MR) is 78.5 cm³/mol. The van der Waals surface area contributed by atoms with Crippen molar-refractivity contribution in [1.29, 1.82) is 0 Å². The van der Waals surface area contributed by atoms with E-state index >= 15 is 0 Å². The standard InChI is InChI=1S/C13H19ClN2O.ClH/c1-3-13(15,4-2)9-16-12(17)10-6-5-7-11(14)8-10;/h5-8H,3-4,9,15H2,1-2H3,(H,16,17);1H. The van der Waals surface area contributed by atoms with Gasteiger partial charge in [0.25, 0.3) is 5.91 Å². The van der Waals surface area contributed by atoms with E-state index in [9.17, 15) is 4.79 Å². The maximum absolute atomic E-state index is 11.9. The molecule has 0 aliphatic carbocycles. The summed E-state index contributed by atoms with van der Waals surface area (Å²) in [6.45, 7) is 4.52. The van der Waals surface area contributed by atoms with Crippen LogP contribution in [0.2, 0.25) is 5.02 Å². The number of nitrogens with two attached hydrogens (primary N) is 1. The Morgan fingerprint density at radius 1 is 1.39 bits per heavy atom. The summed E-state index contributed by atoms with van der Waals surface area (Å²) >= 11 is 5.83. The molecule has 3 nitrogen and oxygen atoms in total. The van der Waals surface area contributed by atoms with Gasteiger partial charge in [0.1, 0.15) is 0 Å². The van der Waals surface area contributed by atoms with Crippen LogP contribution in [0.3, 0.4) is 0 Å². The molecule has 0 spiro atoms. The van der Waals surface area contributed by atoms with Gasteiger partial charge in [-0.2, -0.15) is 0 Å². The second kappa shape index (κ2) is 7.62. The van der Waals surface area contributed by atoms with Crippen molar-refractivity contribution in [3.63, 3.8) is 0 Å². The van der Waals surface area contributed by atoms with Crippen molar-refractivity contribution in [2.45, 2.75) is 32.2 Å². The quantitative estimate of drug-likeness (QED) is 0.876. The summed E-state index contributed by atoms with van der Waals surface area (Å²) in [5, 5.41) is 3.40. The van der Waals surface area contributed by atoms with Gasteiger partial charge in [-0.25, -0.2) is 0 Å². The van der Waals surface area contributed by atoms with Crippen molar-refractivity contribution < 1.29 is 4.79 Å². The van der Waals surface area contributed by atoms with Crippen LogP contribution in [0.15, 0.2) is 24.3 Å². The molecule has 0 radical (unpaired) electrons. The summed E-state index contributed by atoms with van der Waals surface area (Å²) in [5.74, 6) is -0.135. The first kappa shape index (κ1) is 17.2. The highest BCUT2D eigenvalue weighted by atomic mass is 35.5. The number of hydrogen-bond acceptors (Lipinski definition) is 2. The molecule has 18 heavy (non-hydrogen) atoms. The third-order valence-corrected chi connectivity index (χ3v) is 3.33. The topological polar surface area (TPSA) is 55.1 Å². The lowest BCUT2D eigenvalue weighted by Crippen LogP contribution is -2.49. The molecule has 1 aromatic rings. The fourth-order valence-corrected chi connectivity index (χ4v) is 1.68. The van der Waals surface area contributed by atoms with E-state index in [1.54, 1.807) is 24.3 Å². The highest BCUT2D eigenvalue weighted by molar-refractivity contribution is 6.30. The van der Waals surface area contributed by atoms with E-state index in [1.807, 2.05) is 13.8 Å². The monoisotopic (exact) mass is 290 g/mol. The van der Waals surface area contributed by atoms with Crippen LogP contribution in [-0.2, 0) is 0 Å². The minimum absolute atomic E-state index is 0. The number of rotatable bonds is 5. The Morgan fingerprint density at radius 3 is 2.50 bits per heavy atom. The highest BCUT2D eigenvalue weighted by Crippen LogP contribution is 2.12. The first-order chi connectivity index (χ1) is 8.00. The fourth-order valence-electron chi connectivity index (χ4n) is 1.49. The first-order valence-electron chi connectivity index (χ1n) is 5.83. The molecule has 1 rings (SSSR count). The van der Waals surface area contributed by atoms with Crippen LogP contribution in [-0.4, -0.2) is 18.0 Å². The molecular formula is C13H20Cl2N2O. The van der Waals surface area contributed by atoms with E-state index in [-0.39, 0.29) is 23.9 Å². The molecule has 0 heterocycles. The summed E-state index contributed by atoms with van der Waals surface area (Å²) in [6, 6.07) is 6.88. The van der Waals surface area contributed by atoms with Gasteiger partial charge in [-0.1, -0.05) is 31.5 Å². The van der Waals surface area contributed by atoms with E-state index in [0.717, 1.165) is 12.8 Å². The summed E-state index contributed by atoms with van der Waals surface area (Å²) in [6.07, 6.45) is 1.67. The van der Waals surface area contributed by atoms with Crippen LogP contribution in [0.5, 0.6) is 0 Å². The maximum atomic E-state index is 11.9. The van der Waals surface area contributed by atoms with Crippen LogP contribution in [0, 0.1) is 0 Å². The van der Waals surface area contributed by atoms with Gasteiger partial charge in [-0.3, -0.25) is 4.79 Å². The average molecular weight is 291 g/mol. The van der Waals surface area contributed by atoms with Gasteiger partial charge in [-0.05, 0) is 31.0 Å². The Balaban J connectivity index is 0.00000289. The summed E-state index contributed by atoms with van der Waals surface area (Å²) in [7, 11) is 0. The Morgan fingerprint density at radius 2 is 2.00 bits per heavy atom. The van der Waals surface area contributed by atoms with Crippen LogP contribution in [0.25, 0.3) is 0 Å². The van der Waals surface area contributed by atoms with Gasteiger partial charge in [0.2, 0.25) is 0 Å². The number of benzene rings is 1. The molecule has 3 N–H and O–H groups in total. The SMILES string of the molecule is CCC(N)(CC)CNC(=O)c1cccc(Cl)c1.Cl. The smallest absolute Gasteiger partial charge is 0.251 e. The fraction of sp³-hybridized carbons (Fsp3) is 0.462. The molecule has 1 aromatic carbocycles. The van der Waals surface area contributed by atoms with E-state index in [1.165, 1.54) is 0 Å². The zero-order chi connectivity index (χ0) is 12.9. The summed E-state index contributed by atoms with van der Waals surface area (Å²) in [5.41, 5.74) is 6.35. The second-order valence-electron chi connectivity index (χ2n) is 4.26. The molecule has 0 aliphatic rings. The van der Waals surface area contributed by atoms with Gasteiger partial charge in [-0.15, -0.1) is 12.4 Å². The lowest BCUT2D eigenvalue weighted by atomic mass is 9.94. The Hall–Kier alpha value is -0.770. The molecule has 0 aliphatic heterocycles. The number of hydrogen-bond donors (Lipinski definition) is 2. The van der Waals surface area contributed by atoms with Crippen molar-refractivity contribution in [2.24, 2.45) is 5.73 Å². The van der Waals surface area contributed by atoms with E-state index in [2.05, 4.69) is 5.32 Å². The molecule has 0 saturated carbocycles. The van der Waals surface area contributed by atoms with Crippen LogP contribution >= 0.6 is 24.0 Å². The Bertz CT molecular complexity index is 392. The number of nitrogens with one attached hydrogen (secondary N) is 1.